The number of nitrogens with zero attached hydrogens (tertiary/aromatic N) is 2. The molecule has 0 radical (unpaired) electrons. The summed E-state index contributed by atoms with van der Waals surface area (Å²) in [6.45, 7) is 3.89. The third-order valence-corrected chi connectivity index (χ3v) is 3.01. The first-order chi connectivity index (χ1) is 8.54. The van der Waals surface area contributed by atoms with Gasteiger partial charge in [0.05, 0.1) is 6.61 Å². The summed E-state index contributed by atoms with van der Waals surface area (Å²) in [5.41, 5.74) is 1.22. The van der Waals surface area contributed by atoms with Crippen molar-refractivity contribution in [3.63, 3.8) is 0 Å². The molecule has 0 aliphatic carbocycles. The smallest absolute Gasteiger partial charge is 0.138 e. The molecule has 2 rings (SSSR count). The van der Waals surface area contributed by atoms with E-state index < -0.39 is 5.41 Å². The third-order valence-electron chi connectivity index (χ3n) is 3.01. The van der Waals surface area contributed by atoms with E-state index in [0.717, 1.165) is 5.56 Å². The molecule has 1 aromatic heterocycles. The Bertz CT molecular complexity index is 520. The zero-order valence-corrected chi connectivity index (χ0v) is 10.4. The van der Waals surface area contributed by atoms with Gasteiger partial charge >= 0.3 is 0 Å². The summed E-state index contributed by atoms with van der Waals surface area (Å²) in [5, 5.41) is 8.96. The summed E-state index contributed by atoms with van der Waals surface area (Å²) in [6, 6.07) is 6.33. The van der Waals surface area contributed by atoms with E-state index in [-0.39, 0.29) is 12.4 Å². The van der Waals surface area contributed by atoms with E-state index in [1.54, 1.807) is 24.5 Å². The molecule has 1 N–H and O–H groups in total. The number of hydrogen-bond donors (Lipinski definition) is 1. The lowest BCUT2D eigenvalue weighted by atomic mass is 9.84. The van der Waals surface area contributed by atoms with Gasteiger partial charge < -0.3 is 5.11 Å². The van der Waals surface area contributed by atoms with E-state index in [2.05, 4.69) is 9.97 Å². The van der Waals surface area contributed by atoms with Gasteiger partial charge in [0.25, 0.3) is 0 Å². The molecule has 0 saturated carbocycles. The number of hydrogen-bond acceptors (Lipinski definition) is 3. The lowest BCUT2D eigenvalue weighted by Gasteiger charge is -2.23. The molecular formula is C14H15FN2O. The topological polar surface area (TPSA) is 46.0 Å². The van der Waals surface area contributed by atoms with Crippen LogP contribution in [-0.2, 0) is 12.0 Å². The van der Waals surface area contributed by atoms with Crippen LogP contribution in [0.3, 0.4) is 0 Å². The van der Waals surface area contributed by atoms with E-state index >= 15 is 0 Å². The van der Waals surface area contributed by atoms with Gasteiger partial charge in [-0.05, 0) is 31.5 Å². The van der Waals surface area contributed by atoms with Crippen LogP contribution in [0.1, 0.15) is 30.8 Å². The van der Waals surface area contributed by atoms with Crippen molar-refractivity contribution in [1.29, 1.82) is 0 Å². The van der Waals surface area contributed by atoms with Gasteiger partial charge in [-0.1, -0.05) is 12.1 Å². The Morgan fingerprint density at radius 3 is 2.17 bits per heavy atom. The minimum atomic E-state index is -0.401. The van der Waals surface area contributed by atoms with Crippen LogP contribution >= 0.6 is 0 Å². The van der Waals surface area contributed by atoms with Gasteiger partial charge in [0.15, 0.2) is 0 Å². The second-order valence-corrected chi connectivity index (χ2v) is 4.70. The fourth-order valence-corrected chi connectivity index (χ4v) is 1.75. The molecule has 1 heterocycles. The second kappa shape index (κ2) is 4.82. The van der Waals surface area contributed by atoms with Crippen LogP contribution in [0, 0.1) is 5.82 Å². The highest BCUT2D eigenvalue weighted by atomic mass is 19.1. The van der Waals surface area contributed by atoms with Crippen molar-refractivity contribution in [1.82, 2.24) is 9.97 Å². The Kier molecular flexibility index (Phi) is 3.39. The number of aliphatic hydroxyl groups excluding tert-OH is 1. The number of benzene rings is 1. The van der Waals surface area contributed by atoms with Gasteiger partial charge in [-0.2, -0.15) is 0 Å². The van der Waals surface area contributed by atoms with Gasteiger partial charge in [-0.3, -0.25) is 0 Å². The molecular weight excluding hydrogens is 231 g/mol. The van der Waals surface area contributed by atoms with Crippen LogP contribution in [0.2, 0.25) is 0 Å². The van der Waals surface area contributed by atoms with Crippen LogP contribution in [-0.4, -0.2) is 15.1 Å². The molecule has 3 nitrogen and oxygen atoms in total. The Labute approximate surface area is 105 Å². The number of aromatic nitrogens is 2. The highest BCUT2D eigenvalue weighted by Gasteiger charge is 2.26. The molecule has 0 aliphatic heterocycles. The first-order valence-corrected chi connectivity index (χ1v) is 5.72. The lowest BCUT2D eigenvalue weighted by Crippen LogP contribution is -2.22. The van der Waals surface area contributed by atoms with E-state index in [4.69, 9.17) is 5.11 Å². The SMILES string of the molecule is CC(C)(c1ccc(F)cc1)c1ncc(CO)cn1. The Morgan fingerprint density at radius 1 is 1.11 bits per heavy atom. The molecule has 1 aromatic carbocycles. The quantitative estimate of drug-likeness (QED) is 0.904. The molecule has 2 aromatic rings. The van der Waals surface area contributed by atoms with Gasteiger partial charge in [-0.25, -0.2) is 14.4 Å². The van der Waals surface area contributed by atoms with Gasteiger partial charge in [-0.15, -0.1) is 0 Å². The third kappa shape index (κ3) is 2.38. The van der Waals surface area contributed by atoms with Crippen LogP contribution in [0.25, 0.3) is 0 Å². The van der Waals surface area contributed by atoms with E-state index in [1.807, 2.05) is 13.8 Å². The van der Waals surface area contributed by atoms with Crippen molar-refractivity contribution in [2.24, 2.45) is 0 Å². The monoisotopic (exact) mass is 246 g/mol. The first kappa shape index (κ1) is 12.6. The normalized spacial score (nSPS) is 11.6. The van der Waals surface area contributed by atoms with Crippen molar-refractivity contribution in [3.05, 3.63) is 59.4 Å². The fourth-order valence-electron chi connectivity index (χ4n) is 1.75. The first-order valence-electron chi connectivity index (χ1n) is 5.72. The lowest BCUT2D eigenvalue weighted by molar-refractivity contribution is 0.280. The van der Waals surface area contributed by atoms with E-state index in [9.17, 15) is 4.39 Å². The molecule has 0 bridgehead atoms. The van der Waals surface area contributed by atoms with Crippen LogP contribution < -0.4 is 0 Å². The molecule has 18 heavy (non-hydrogen) atoms. The molecule has 94 valence electrons. The van der Waals surface area contributed by atoms with Crippen molar-refractivity contribution < 1.29 is 9.50 Å². The maximum Gasteiger partial charge on any atom is 0.138 e. The van der Waals surface area contributed by atoms with Crippen molar-refractivity contribution in [2.75, 3.05) is 0 Å². The average Bonchev–Trinajstić information content (AvgIpc) is 2.39. The summed E-state index contributed by atoms with van der Waals surface area (Å²) in [6.07, 6.45) is 3.21. The van der Waals surface area contributed by atoms with Gasteiger partial charge in [0.2, 0.25) is 0 Å². The summed E-state index contributed by atoms with van der Waals surface area (Å²) in [5.74, 6) is 0.386. The van der Waals surface area contributed by atoms with Gasteiger partial charge in [0, 0.05) is 23.4 Å². The Hall–Kier alpha value is -1.81. The predicted molar refractivity (Wildman–Crippen MR) is 66.5 cm³/mol. The summed E-state index contributed by atoms with van der Waals surface area (Å²) < 4.78 is 12.9. The van der Waals surface area contributed by atoms with Crippen molar-refractivity contribution in [2.45, 2.75) is 25.9 Å². The number of halogens is 1. The highest BCUT2D eigenvalue weighted by Crippen LogP contribution is 2.28. The van der Waals surface area contributed by atoms with Crippen LogP contribution in [0.5, 0.6) is 0 Å². The molecule has 0 fully saturated rings. The molecule has 4 heteroatoms. The molecule has 0 aliphatic rings. The van der Waals surface area contributed by atoms with Crippen LogP contribution in [0.15, 0.2) is 36.7 Å². The molecule has 0 amide bonds. The minimum absolute atomic E-state index is 0.0722. The largest absolute Gasteiger partial charge is 0.392 e. The van der Waals surface area contributed by atoms with E-state index in [0.29, 0.717) is 11.4 Å². The molecule has 0 atom stereocenters. The van der Waals surface area contributed by atoms with E-state index in [1.165, 1.54) is 12.1 Å². The van der Waals surface area contributed by atoms with Gasteiger partial charge in [0.1, 0.15) is 11.6 Å². The molecule has 0 saturated heterocycles. The summed E-state index contributed by atoms with van der Waals surface area (Å²) in [7, 11) is 0. The maximum atomic E-state index is 12.9. The Balaban J connectivity index is 2.37. The standard InChI is InChI=1S/C14H15FN2O/c1-14(2,11-3-5-12(15)6-4-11)13-16-7-10(9-18)8-17-13/h3-8,18H,9H2,1-2H3. The number of aliphatic hydroxyl groups is 1. The summed E-state index contributed by atoms with van der Waals surface area (Å²) in [4.78, 5) is 8.51. The maximum absolute atomic E-state index is 12.9. The molecule has 0 spiro atoms. The second-order valence-electron chi connectivity index (χ2n) is 4.70. The average molecular weight is 246 g/mol. The van der Waals surface area contributed by atoms with Crippen molar-refractivity contribution >= 4 is 0 Å². The van der Waals surface area contributed by atoms with Crippen molar-refractivity contribution in [3.8, 4) is 0 Å². The fraction of sp³-hybridized carbons (Fsp3) is 0.286. The zero-order chi connectivity index (χ0) is 13.2. The zero-order valence-electron chi connectivity index (χ0n) is 10.4. The number of rotatable bonds is 3. The minimum Gasteiger partial charge on any atom is -0.392 e. The Morgan fingerprint density at radius 2 is 1.67 bits per heavy atom. The highest BCUT2D eigenvalue weighted by molar-refractivity contribution is 5.31. The predicted octanol–water partition coefficient (Wildman–Crippen LogP) is 2.43. The van der Waals surface area contributed by atoms with Crippen LogP contribution in [0.4, 0.5) is 4.39 Å². The summed E-state index contributed by atoms with van der Waals surface area (Å²) >= 11 is 0. The molecule has 0 unspecified atom stereocenters.